The molecule has 5 rings (SSSR count). The molecule has 0 N–H and O–H groups in total. The van der Waals surface area contributed by atoms with E-state index in [9.17, 15) is 0 Å². The van der Waals surface area contributed by atoms with Crippen LogP contribution in [0.3, 0.4) is 0 Å². The molecule has 1 aromatic carbocycles. The Morgan fingerprint density at radius 3 is 2.67 bits per heavy atom. The summed E-state index contributed by atoms with van der Waals surface area (Å²) in [5, 5.41) is 6.00. The zero-order valence-corrected chi connectivity index (χ0v) is 17.0. The molecule has 3 heterocycles. The lowest BCUT2D eigenvalue weighted by atomic mass is 9.89. The lowest BCUT2D eigenvalue weighted by molar-refractivity contribution is 0.509. The van der Waals surface area contributed by atoms with Crippen molar-refractivity contribution < 1.29 is 0 Å². The molecule has 0 radical (unpaired) electrons. The second-order valence-electron chi connectivity index (χ2n) is 7.80. The topological polar surface area (TPSA) is 46.3 Å². The van der Waals surface area contributed by atoms with E-state index < -0.39 is 0 Å². The van der Waals surface area contributed by atoms with Crippen LogP contribution in [0.5, 0.6) is 0 Å². The van der Waals surface area contributed by atoms with Gasteiger partial charge in [0.25, 0.3) is 0 Å². The number of hydrogen-bond donors (Lipinski definition) is 0. The molecule has 4 aromatic rings. The molecule has 0 saturated carbocycles. The fourth-order valence-electron chi connectivity index (χ4n) is 3.97. The Labute approximate surface area is 162 Å². The van der Waals surface area contributed by atoms with E-state index in [1.54, 1.807) is 0 Å². The third-order valence-electron chi connectivity index (χ3n) is 5.54. The highest BCUT2D eigenvalue weighted by Crippen LogP contribution is 2.39. The molecule has 1 aliphatic rings. The fraction of sp³-hybridized carbons (Fsp3) is 0.381. The molecule has 0 spiro atoms. The number of rotatable bonds is 2. The maximum atomic E-state index is 4.95. The van der Waals surface area contributed by atoms with Gasteiger partial charge in [-0.25, -0.2) is 9.97 Å². The third-order valence-corrected chi connectivity index (χ3v) is 6.68. The summed E-state index contributed by atoms with van der Waals surface area (Å²) in [7, 11) is 4.09. The van der Waals surface area contributed by atoms with Crippen molar-refractivity contribution in [1.82, 2.24) is 19.6 Å². The Bertz CT molecular complexity index is 1150. The van der Waals surface area contributed by atoms with Crippen LogP contribution in [-0.2, 0) is 12.8 Å². The van der Waals surface area contributed by atoms with Gasteiger partial charge in [-0.2, -0.15) is 4.52 Å². The maximum absolute atomic E-state index is 4.95. The van der Waals surface area contributed by atoms with Gasteiger partial charge in [0, 0.05) is 30.2 Å². The first-order chi connectivity index (χ1) is 13.0. The molecule has 1 unspecified atom stereocenters. The summed E-state index contributed by atoms with van der Waals surface area (Å²) in [4.78, 5) is 14.5. The van der Waals surface area contributed by atoms with E-state index in [2.05, 4.69) is 36.1 Å². The molecule has 0 aliphatic heterocycles. The predicted molar refractivity (Wildman–Crippen MR) is 112 cm³/mol. The average molecular weight is 378 g/mol. The monoisotopic (exact) mass is 377 g/mol. The summed E-state index contributed by atoms with van der Waals surface area (Å²) in [5.74, 6) is 2.42. The number of nitrogens with zero attached hydrogens (tertiary/aromatic N) is 5. The number of fused-ring (bicyclic) bond motifs is 5. The molecule has 0 fully saturated rings. The third kappa shape index (κ3) is 2.62. The predicted octanol–water partition coefficient (Wildman–Crippen LogP) is 4.51. The molecule has 1 atom stereocenters. The normalized spacial score (nSPS) is 16.8. The van der Waals surface area contributed by atoms with Crippen LogP contribution in [0.1, 0.15) is 29.6 Å². The van der Waals surface area contributed by atoms with Gasteiger partial charge in [0.05, 0.1) is 5.39 Å². The molecule has 0 amide bonds. The van der Waals surface area contributed by atoms with Crippen molar-refractivity contribution in [2.45, 2.75) is 33.1 Å². The lowest BCUT2D eigenvalue weighted by Crippen LogP contribution is -2.08. The minimum Gasteiger partial charge on any atom is -0.378 e. The zero-order chi connectivity index (χ0) is 18.7. The Morgan fingerprint density at radius 1 is 1.15 bits per heavy atom. The number of hydrogen-bond acceptors (Lipinski definition) is 5. The Hall–Kier alpha value is -2.47. The number of aryl methyl sites for hydroxylation is 2. The number of aromatic nitrogens is 4. The van der Waals surface area contributed by atoms with E-state index in [0.29, 0.717) is 0 Å². The van der Waals surface area contributed by atoms with Crippen LogP contribution >= 0.6 is 11.3 Å². The van der Waals surface area contributed by atoms with Crippen molar-refractivity contribution in [3.8, 4) is 11.4 Å². The van der Waals surface area contributed by atoms with Gasteiger partial charge in [-0.3, -0.25) is 0 Å². The maximum Gasteiger partial charge on any atom is 0.182 e. The van der Waals surface area contributed by atoms with Gasteiger partial charge in [-0.15, -0.1) is 16.4 Å². The zero-order valence-electron chi connectivity index (χ0n) is 16.2. The molecule has 1 aliphatic carbocycles. The minimum atomic E-state index is 0.756. The van der Waals surface area contributed by atoms with Crippen molar-refractivity contribution >= 4 is 32.9 Å². The second kappa shape index (κ2) is 6.02. The highest BCUT2D eigenvalue weighted by atomic mass is 32.1. The smallest absolute Gasteiger partial charge is 0.182 e. The van der Waals surface area contributed by atoms with Crippen molar-refractivity contribution in [3.05, 3.63) is 40.5 Å². The largest absolute Gasteiger partial charge is 0.378 e. The van der Waals surface area contributed by atoms with Crippen LogP contribution in [0, 0.1) is 12.8 Å². The number of benzene rings is 1. The molecular weight excluding hydrogens is 354 g/mol. The van der Waals surface area contributed by atoms with Crippen LogP contribution in [0.2, 0.25) is 0 Å². The van der Waals surface area contributed by atoms with Gasteiger partial charge in [0.2, 0.25) is 0 Å². The van der Waals surface area contributed by atoms with Gasteiger partial charge in [-0.05, 0) is 61.9 Å². The molecule has 27 heavy (non-hydrogen) atoms. The van der Waals surface area contributed by atoms with Gasteiger partial charge in [-0.1, -0.05) is 6.92 Å². The van der Waals surface area contributed by atoms with E-state index in [4.69, 9.17) is 15.1 Å². The highest BCUT2D eigenvalue weighted by Gasteiger charge is 2.24. The van der Waals surface area contributed by atoms with E-state index in [1.165, 1.54) is 27.9 Å². The fourth-order valence-corrected chi connectivity index (χ4v) is 5.39. The molecular formula is C21H23N5S. The van der Waals surface area contributed by atoms with Crippen LogP contribution in [0.25, 0.3) is 27.3 Å². The molecule has 6 heteroatoms. The quantitative estimate of drug-likeness (QED) is 0.516. The lowest BCUT2D eigenvalue weighted by Gasteiger charge is -2.17. The van der Waals surface area contributed by atoms with Gasteiger partial charge in [0.15, 0.2) is 11.5 Å². The van der Waals surface area contributed by atoms with E-state index in [0.717, 1.165) is 46.4 Å². The first-order valence-corrected chi connectivity index (χ1v) is 10.3. The van der Waals surface area contributed by atoms with Crippen LogP contribution in [0.15, 0.2) is 24.3 Å². The first kappa shape index (κ1) is 16.7. The van der Waals surface area contributed by atoms with Crippen molar-refractivity contribution in [3.63, 3.8) is 0 Å². The van der Waals surface area contributed by atoms with Gasteiger partial charge in [0.1, 0.15) is 10.7 Å². The van der Waals surface area contributed by atoms with Crippen molar-refractivity contribution in [2.24, 2.45) is 5.92 Å². The standard InChI is InChI=1S/C21H23N5S/c1-12-5-10-16-17(11-12)27-21-18(16)20-23-19(24-26(20)13(2)22-21)14-6-8-15(9-7-14)25(3)4/h6-9,12H,5,10-11H2,1-4H3. The van der Waals surface area contributed by atoms with Crippen molar-refractivity contribution in [1.29, 1.82) is 0 Å². The number of anilines is 1. The van der Waals surface area contributed by atoms with Crippen LogP contribution in [0.4, 0.5) is 5.69 Å². The summed E-state index contributed by atoms with van der Waals surface area (Å²) in [5.41, 5.74) is 4.61. The van der Waals surface area contributed by atoms with Gasteiger partial charge < -0.3 is 4.90 Å². The van der Waals surface area contributed by atoms with E-state index >= 15 is 0 Å². The summed E-state index contributed by atoms with van der Waals surface area (Å²) < 4.78 is 1.92. The molecule has 5 nitrogen and oxygen atoms in total. The van der Waals surface area contributed by atoms with E-state index in [-0.39, 0.29) is 0 Å². The minimum absolute atomic E-state index is 0.756. The molecule has 138 valence electrons. The summed E-state index contributed by atoms with van der Waals surface area (Å²) >= 11 is 1.84. The SMILES string of the molecule is Cc1nc2sc3c(c2c2nc(-c4ccc(N(C)C)cc4)nn12)CCC(C)C3. The number of thiophene rings is 1. The molecule has 3 aromatic heterocycles. The Balaban J connectivity index is 1.70. The van der Waals surface area contributed by atoms with E-state index in [1.807, 2.05) is 36.9 Å². The second-order valence-corrected chi connectivity index (χ2v) is 8.89. The first-order valence-electron chi connectivity index (χ1n) is 9.46. The summed E-state index contributed by atoms with van der Waals surface area (Å²) in [6.07, 6.45) is 3.52. The van der Waals surface area contributed by atoms with Crippen LogP contribution in [-0.4, -0.2) is 33.7 Å². The van der Waals surface area contributed by atoms with Crippen molar-refractivity contribution in [2.75, 3.05) is 19.0 Å². The summed E-state index contributed by atoms with van der Waals surface area (Å²) in [6, 6.07) is 8.40. The molecule has 0 saturated heterocycles. The molecule has 0 bridgehead atoms. The van der Waals surface area contributed by atoms with Crippen LogP contribution < -0.4 is 4.90 Å². The highest BCUT2D eigenvalue weighted by molar-refractivity contribution is 7.19. The van der Waals surface area contributed by atoms with Gasteiger partial charge >= 0.3 is 0 Å². The summed E-state index contributed by atoms with van der Waals surface area (Å²) in [6.45, 7) is 4.36. The average Bonchev–Trinajstić information content (AvgIpc) is 3.22. The Kier molecular flexibility index (Phi) is 3.72. The Morgan fingerprint density at radius 2 is 1.93 bits per heavy atom.